The van der Waals surface area contributed by atoms with E-state index in [1.54, 1.807) is 24.3 Å². The van der Waals surface area contributed by atoms with E-state index in [0.717, 1.165) is 137 Å². The van der Waals surface area contributed by atoms with Gasteiger partial charge in [0.25, 0.3) is 0 Å². The molecule has 0 unspecified atom stereocenters. The maximum atomic E-state index is 8.65. The van der Waals surface area contributed by atoms with Gasteiger partial charge in [-0.2, -0.15) is 0 Å². The number of hydrogen-bond donors (Lipinski definition) is 8. The number of aromatic hydroxyl groups is 8. The predicted octanol–water partition coefficient (Wildman–Crippen LogP) is 16.7. The van der Waals surface area contributed by atoms with Crippen LogP contribution in [0.5, 0.6) is 46.0 Å². The molecule has 0 spiro atoms. The number of aliphatic imine (C=N–C) groups is 2. The molecule has 0 radical (unpaired) electrons. The minimum absolute atomic E-state index is 0. The van der Waals surface area contributed by atoms with Crippen LogP contribution in [0.3, 0.4) is 0 Å². The topological polar surface area (TPSA) is 318 Å². The molecule has 10 rings (SSSR count). The zero-order chi connectivity index (χ0) is 70.3. The fourth-order valence-electron chi connectivity index (χ4n) is 6.80. The van der Waals surface area contributed by atoms with Gasteiger partial charge in [0, 0.05) is 47.1 Å². The van der Waals surface area contributed by atoms with E-state index in [2.05, 4.69) is 73.6 Å². The molecule has 0 saturated carbocycles. The molecule has 0 atom stereocenters. The van der Waals surface area contributed by atoms with Crippen molar-refractivity contribution < 1.29 is 43.7 Å². The molecule has 4 aromatic carbocycles. The molecule has 0 saturated heterocycles. The van der Waals surface area contributed by atoms with Crippen LogP contribution in [0.2, 0.25) is 0 Å². The second-order valence-electron chi connectivity index (χ2n) is 21.2. The highest BCUT2D eigenvalue weighted by molar-refractivity contribution is 6.03. The standard InChI is InChI=1S/4C8H12N2.2C8H11N2.4C6H6O2/c6*1-5-6(2)10-8(4)7(3)9-5;4*7-5-2-1-3-6(8)4-5/h4*1-4H3;2*1H2,2-4H3;4*1-4,7-8H/q;;;;2*-1;;;;/p+2. The first kappa shape index (κ1) is 79.5. The third kappa shape index (κ3) is 31.1. The molecule has 2 aliphatic rings. The van der Waals surface area contributed by atoms with Crippen molar-refractivity contribution in [2.45, 2.75) is 152 Å². The second kappa shape index (κ2) is 39.5. The Morgan fingerprint density at radius 1 is 0.250 bits per heavy atom. The van der Waals surface area contributed by atoms with E-state index >= 15 is 0 Å². The van der Waals surface area contributed by atoms with Crippen molar-refractivity contribution in [2.24, 2.45) is 9.98 Å². The van der Waals surface area contributed by atoms with Gasteiger partial charge in [-0.15, -0.1) is 35.9 Å². The van der Waals surface area contributed by atoms with E-state index < -0.39 is 0 Å². The van der Waals surface area contributed by atoms with E-state index in [-0.39, 0.29) is 48.8 Å². The zero-order valence-electron chi connectivity index (χ0n) is 59.6. The summed E-state index contributed by atoms with van der Waals surface area (Å²) in [5.74, 6) is 0.704. The number of nitrogens with zero attached hydrogens (tertiary/aromatic N) is 12. The molecule has 4 aromatic heterocycles. The predicted molar refractivity (Wildman–Crippen MR) is 373 cm³/mol. The van der Waals surface area contributed by atoms with Crippen molar-refractivity contribution in [3.63, 3.8) is 0 Å². The van der Waals surface area contributed by atoms with Crippen molar-refractivity contribution in [3.8, 4) is 46.0 Å². The average molecular weight is 1260 g/mol. The zero-order valence-corrected chi connectivity index (χ0v) is 57.6. The maximum Gasteiger partial charge on any atom is 1.00 e. The third-order valence-electron chi connectivity index (χ3n) is 13.3. The summed E-state index contributed by atoms with van der Waals surface area (Å²) < 4.78 is 0. The Kier molecular flexibility index (Phi) is 34.1. The van der Waals surface area contributed by atoms with Crippen molar-refractivity contribution in [3.05, 3.63) is 246 Å². The van der Waals surface area contributed by atoms with Crippen molar-refractivity contribution >= 4 is 11.4 Å². The van der Waals surface area contributed by atoms with Crippen LogP contribution in [0.25, 0.3) is 10.6 Å². The van der Waals surface area contributed by atoms with Crippen molar-refractivity contribution in [1.29, 1.82) is 0 Å². The molecule has 492 valence electrons. The number of aromatic nitrogens is 8. The first-order chi connectivity index (χ1) is 42.8. The van der Waals surface area contributed by atoms with E-state index in [1.165, 1.54) is 72.8 Å². The number of aryl methyl sites for hydroxylation is 16. The molecule has 8 aromatic rings. The molecule has 8 N–H and O–H groups in total. The summed E-state index contributed by atoms with van der Waals surface area (Å²) in [4.78, 5) is 43.0. The lowest BCUT2D eigenvalue weighted by Gasteiger charge is -2.30. The maximum absolute atomic E-state index is 8.65. The molecule has 0 aliphatic carbocycles. The van der Waals surface area contributed by atoms with E-state index in [0.29, 0.717) is 0 Å². The molecule has 6 heterocycles. The molecular weight excluding hydrogens is 1160 g/mol. The molecule has 0 fully saturated rings. The summed E-state index contributed by atoms with van der Waals surface area (Å²) in [6.45, 7) is 50.8. The number of rotatable bonds is 0. The Morgan fingerprint density at radius 2 is 0.380 bits per heavy atom. The van der Waals surface area contributed by atoms with Gasteiger partial charge < -0.3 is 51.5 Å². The summed E-state index contributed by atoms with van der Waals surface area (Å²) in [7, 11) is 0. The van der Waals surface area contributed by atoms with Gasteiger partial charge in [0.05, 0.1) is 91.1 Å². The van der Waals surface area contributed by atoms with Gasteiger partial charge in [0.2, 0.25) is 0 Å². The molecule has 0 amide bonds. The Hall–Kier alpha value is -10.5. The largest absolute Gasteiger partial charge is 1.00 e. The summed E-state index contributed by atoms with van der Waals surface area (Å²) >= 11 is 0. The Bertz CT molecular complexity index is 3190. The Labute approximate surface area is 547 Å². The molecule has 2 aliphatic heterocycles. The number of phenols is 8. The summed E-state index contributed by atoms with van der Waals surface area (Å²) in [5, 5.41) is 77.6. The molecule has 92 heavy (non-hydrogen) atoms. The number of benzene rings is 4. The van der Waals surface area contributed by atoms with Gasteiger partial charge in [-0.1, -0.05) is 38.1 Å². The Morgan fingerprint density at radius 3 is 0.478 bits per heavy atom. The van der Waals surface area contributed by atoms with Gasteiger partial charge in [0.15, 0.2) is 0 Å². The number of hydrogen-bond acceptors (Lipinski definition) is 18. The van der Waals surface area contributed by atoms with Crippen molar-refractivity contribution in [2.75, 3.05) is 0 Å². The molecule has 20 heteroatoms. The lowest BCUT2D eigenvalue weighted by molar-refractivity contribution is 0.449. The lowest BCUT2D eigenvalue weighted by atomic mass is 10.2. The summed E-state index contributed by atoms with van der Waals surface area (Å²) in [6.07, 6.45) is 0. The number of allylic oxidation sites excluding steroid dienone is 6. The van der Waals surface area contributed by atoms with E-state index in [1.807, 2.05) is 152 Å². The minimum atomic E-state index is 0. The smallest absolute Gasteiger partial charge is 0.659 e. The van der Waals surface area contributed by atoms with Crippen LogP contribution in [-0.2, 0) is 0 Å². The fourth-order valence-corrected chi connectivity index (χ4v) is 6.80. The number of phenolic OH excluding ortho intramolecular Hbond substituents is 8. The van der Waals surface area contributed by atoms with E-state index in [9.17, 15) is 0 Å². The van der Waals surface area contributed by atoms with Crippen LogP contribution in [0.15, 0.2) is 154 Å². The first-order valence-corrected chi connectivity index (χ1v) is 29.1. The SMILES string of the molecule is C=C1[N-]C(C)=C(C)N=C1C.C=C1[N-]C(C)=C(C)N=C1C.Cc1nc(C)c(C)nc1C.Cc1nc(C)c(C)nc1C.Cc1nc(C)c(C)nc1C.Cc1nc(C)c(C)nc1C.Oc1cccc(O)c1.Oc1cccc(O)c1.Oc1cccc(O)c1.Oc1cccc(O)c1.[H+].[H+]. The van der Waals surface area contributed by atoms with Crippen LogP contribution in [-0.4, -0.2) is 92.1 Å². The molecule has 20 nitrogen and oxygen atoms in total. The fraction of sp³-hybridized carbons (Fsp3) is 0.306. The first-order valence-electron chi connectivity index (χ1n) is 29.1. The average Bonchev–Trinajstić information content (AvgIpc) is 0.958. The molecule has 0 bridgehead atoms. The summed E-state index contributed by atoms with van der Waals surface area (Å²) in [5.41, 5.74) is 23.8. The van der Waals surface area contributed by atoms with Crippen LogP contribution in [0.4, 0.5) is 0 Å². The quantitative estimate of drug-likeness (QED) is 0.0699. The van der Waals surface area contributed by atoms with Crippen LogP contribution < -0.4 is 0 Å². The van der Waals surface area contributed by atoms with Crippen LogP contribution in [0, 0.1) is 111 Å². The minimum Gasteiger partial charge on any atom is -0.659 e. The lowest BCUT2D eigenvalue weighted by Crippen LogP contribution is -2.01. The van der Waals surface area contributed by atoms with Gasteiger partial charge in [-0.05, 0) is 187 Å². The Balaban J connectivity index is 0. The summed E-state index contributed by atoms with van der Waals surface area (Å²) in [6, 6.07) is 23.4. The normalized spacial score (nSPS) is 11.5. The third-order valence-corrected chi connectivity index (χ3v) is 13.3. The van der Waals surface area contributed by atoms with Crippen LogP contribution in [0.1, 0.15) is 135 Å². The highest BCUT2D eigenvalue weighted by atomic mass is 16.3. The highest BCUT2D eigenvalue weighted by Crippen LogP contribution is 2.25. The van der Waals surface area contributed by atoms with Crippen LogP contribution >= 0.6 is 0 Å². The molecular formula is C72H96N12O8. The highest BCUT2D eigenvalue weighted by Gasteiger charge is 2.03. The van der Waals surface area contributed by atoms with Crippen molar-refractivity contribution in [1.82, 2.24) is 39.9 Å². The van der Waals surface area contributed by atoms with Gasteiger partial charge in [-0.3, -0.25) is 49.9 Å². The van der Waals surface area contributed by atoms with Gasteiger partial charge in [-0.25, -0.2) is 0 Å². The van der Waals surface area contributed by atoms with E-state index in [4.69, 9.17) is 40.9 Å². The second-order valence-corrected chi connectivity index (χ2v) is 21.2. The van der Waals surface area contributed by atoms with Gasteiger partial charge in [0.1, 0.15) is 46.0 Å². The monoisotopic (exact) mass is 1260 g/mol. The van der Waals surface area contributed by atoms with Gasteiger partial charge >= 0.3 is 2.85 Å².